The lowest BCUT2D eigenvalue weighted by Gasteiger charge is -2.16. The number of hydrogen-bond acceptors (Lipinski definition) is 1. The highest BCUT2D eigenvalue weighted by Gasteiger charge is 2.46. The van der Waals surface area contributed by atoms with E-state index in [1.165, 1.54) is 5.56 Å². The molecular formula is C16H20ClNO. The van der Waals surface area contributed by atoms with E-state index in [1.807, 2.05) is 6.07 Å². The van der Waals surface area contributed by atoms with Gasteiger partial charge in [0.2, 0.25) is 5.91 Å². The van der Waals surface area contributed by atoms with E-state index in [1.54, 1.807) is 0 Å². The Morgan fingerprint density at radius 1 is 1.32 bits per heavy atom. The van der Waals surface area contributed by atoms with Crippen LogP contribution in [0.2, 0.25) is 0 Å². The summed E-state index contributed by atoms with van der Waals surface area (Å²) in [6, 6.07) is 10.4. The van der Waals surface area contributed by atoms with Gasteiger partial charge in [-0.15, -0.1) is 11.6 Å². The van der Waals surface area contributed by atoms with Crippen LogP contribution in [-0.4, -0.2) is 29.8 Å². The number of alkyl halides is 1. The predicted octanol–water partition coefficient (Wildman–Crippen LogP) is 3.27. The van der Waals surface area contributed by atoms with Crippen molar-refractivity contribution in [2.75, 3.05) is 19.0 Å². The van der Waals surface area contributed by atoms with E-state index in [0.29, 0.717) is 23.6 Å². The maximum atomic E-state index is 12.4. The molecule has 1 heterocycles. The van der Waals surface area contributed by atoms with Crippen LogP contribution in [0, 0.1) is 11.8 Å². The van der Waals surface area contributed by atoms with E-state index in [0.717, 1.165) is 32.4 Å². The Bertz CT molecular complexity index is 447. The normalized spacial score (nSPS) is 29.5. The SMILES string of the molecule is O=C(C1CC1c1ccccc1)N1CCC(CCCl)C1. The molecule has 3 rings (SSSR count). The molecule has 2 aliphatic rings. The zero-order valence-corrected chi connectivity index (χ0v) is 11.9. The summed E-state index contributed by atoms with van der Waals surface area (Å²) < 4.78 is 0. The molecular weight excluding hydrogens is 258 g/mol. The molecule has 2 nitrogen and oxygen atoms in total. The number of benzene rings is 1. The largest absolute Gasteiger partial charge is 0.342 e. The van der Waals surface area contributed by atoms with Crippen molar-refractivity contribution in [2.24, 2.45) is 11.8 Å². The Labute approximate surface area is 119 Å². The van der Waals surface area contributed by atoms with E-state index < -0.39 is 0 Å². The molecule has 102 valence electrons. The molecule has 3 unspecified atom stereocenters. The van der Waals surface area contributed by atoms with Crippen LogP contribution in [0.3, 0.4) is 0 Å². The number of likely N-dealkylation sites (tertiary alicyclic amines) is 1. The quantitative estimate of drug-likeness (QED) is 0.774. The van der Waals surface area contributed by atoms with Gasteiger partial charge >= 0.3 is 0 Å². The fraction of sp³-hybridized carbons (Fsp3) is 0.562. The smallest absolute Gasteiger partial charge is 0.226 e. The Balaban J connectivity index is 1.56. The molecule has 0 aromatic heterocycles. The van der Waals surface area contributed by atoms with Crippen LogP contribution in [0.15, 0.2) is 30.3 Å². The highest BCUT2D eigenvalue weighted by Crippen LogP contribution is 2.48. The van der Waals surface area contributed by atoms with Gasteiger partial charge in [-0.3, -0.25) is 4.79 Å². The molecule has 1 saturated heterocycles. The molecule has 2 fully saturated rings. The maximum absolute atomic E-state index is 12.4. The van der Waals surface area contributed by atoms with Crippen molar-refractivity contribution in [3.8, 4) is 0 Å². The third-order valence-corrected chi connectivity index (χ3v) is 4.67. The highest BCUT2D eigenvalue weighted by atomic mass is 35.5. The van der Waals surface area contributed by atoms with E-state index in [4.69, 9.17) is 11.6 Å². The Hall–Kier alpha value is -1.02. The van der Waals surface area contributed by atoms with Crippen LogP contribution in [0.4, 0.5) is 0 Å². The molecule has 1 aromatic rings. The van der Waals surface area contributed by atoms with Gasteiger partial charge in [-0.05, 0) is 36.7 Å². The van der Waals surface area contributed by atoms with Gasteiger partial charge in [0.25, 0.3) is 0 Å². The van der Waals surface area contributed by atoms with Gasteiger partial charge in [-0.1, -0.05) is 30.3 Å². The van der Waals surface area contributed by atoms with Gasteiger partial charge in [0, 0.05) is 24.9 Å². The first kappa shape index (κ1) is 13.0. The molecule has 3 atom stereocenters. The average Bonchev–Trinajstić information content (AvgIpc) is 3.12. The summed E-state index contributed by atoms with van der Waals surface area (Å²) in [5.74, 6) is 2.39. The second-order valence-corrected chi connectivity index (χ2v) is 6.15. The number of halogens is 1. The van der Waals surface area contributed by atoms with Crippen LogP contribution >= 0.6 is 11.6 Å². The maximum Gasteiger partial charge on any atom is 0.226 e. The summed E-state index contributed by atoms with van der Waals surface area (Å²) in [6.07, 6.45) is 3.19. The van der Waals surface area contributed by atoms with Crippen molar-refractivity contribution in [2.45, 2.75) is 25.2 Å². The van der Waals surface area contributed by atoms with Crippen LogP contribution in [0.5, 0.6) is 0 Å². The minimum absolute atomic E-state index is 0.233. The molecule has 1 amide bonds. The fourth-order valence-corrected chi connectivity index (χ4v) is 3.50. The van der Waals surface area contributed by atoms with Crippen molar-refractivity contribution in [1.29, 1.82) is 0 Å². The average molecular weight is 278 g/mol. The predicted molar refractivity (Wildman–Crippen MR) is 77.3 cm³/mol. The summed E-state index contributed by atoms with van der Waals surface area (Å²) in [7, 11) is 0. The third kappa shape index (κ3) is 2.79. The first-order chi connectivity index (χ1) is 9.29. The van der Waals surface area contributed by atoms with Gasteiger partial charge in [0.1, 0.15) is 0 Å². The Morgan fingerprint density at radius 3 is 2.84 bits per heavy atom. The summed E-state index contributed by atoms with van der Waals surface area (Å²) in [4.78, 5) is 14.5. The van der Waals surface area contributed by atoms with Crippen molar-refractivity contribution >= 4 is 17.5 Å². The third-order valence-electron chi connectivity index (χ3n) is 4.45. The number of carbonyl (C=O) groups excluding carboxylic acids is 1. The number of nitrogens with zero attached hydrogens (tertiary/aromatic N) is 1. The second kappa shape index (κ2) is 5.54. The molecule has 0 spiro atoms. The lowest BCUT2D eigenvalue weighted by molar-refractivity contribution is -0.131. The van der Waals surface area contributed by atoms with Crippen molar-refractivity contribution in [1.82, 2.24) is 4.90 Å². The molecule has 3 heteroatoms. The molecule has 0 bridgehead atoms. The zero-order chi connectivity index (χ0) is 13.2. The monoisotopic (exact) mass is 277 g/mol. The van der Waals surface area contributed by atoms with Gasteiger partial charge in [-0.25, -0.2) is 0 Å². The van der Waals surface area contributed by atoms with Gasteiger partial charge in [-0.2, -0.15) is 0 Å². The highest BCUT2D eigenvalue weighted by molar-refractivity contribution is 6.17. The molecule has 1 aliphatic carbocycles. The van der Waals surface area contributed by atoms with Crippen molar-refractivity contribution in [3.05, 3.63) is 35.9 Å². The van der Waals surface area contributed by atoms with Crippen LogP contribution < -0.4 is 0 Å². The van der Waals surface area contributed by atoms with Crippen LogP contribution in [0.25, 0.3) is 0 Å². The molecule has 0 radical (unpaired) electrons. The van der Waals surface area contributed by atoms with E-state index in [2.05, 4.69) is 29.2 Å². The molecule has 1 aromatic carbocycles. The number of carbonyl (C=O) groups is 1. The molecule has 0 N–H and O–H groups in total. The fourth-order valence-electron chi connectivity index (χ4n) is 3.19. The topological polar surface area (TPSA) is 20.3 Å². The van der Waals surface area contributed by atoms with Crippen molar-refractivity contribution < 1.29 is 4.79 Å². The lowest BCUT2D eigenvalue weighted by Crippen LogP contribution is -2.30. The number of amides is 1. The Kier molecular flexibility index (Phi) is 3.79. The number of rotatable bonds is 4. The minimum atomic E-state index is 0.233. The lowest BCUT2D eigenvalue weighted by atomic mass is 10.1. The molecule has 1 aliphatic heterocycles. The summed E-state index contributed by atoms with van der Waals surface area (Å²) in [5, 5.41) is 0. The van der Waals surface area contributed by atoms with E-state index in [9.17, 15) is 4.79 Å². The molecule has 19 heavy (non-hydrogen) atoms. The first-order valence-electron chi connectivity index (χ1n) is 7.19. The Morgan fingerprint density at radius 2 is 2.11 bits per heavy atom. The zero-order valence-electron chi connectivity index (χ0n) is 11.1. The second-order valence-electron chi connectivity index (χ2n) is 5.78. The minimum Gasteiger partial charge on any atom is -0.342 e. The van der Waals surface area contributed by atoms with Gasteiger partial charge in [0.15, 0.2) is 0 Å². The van der Waals surface area contributed by atoms with Crippen LogP contribution in [0.1, 0.15) is 30.7 Å². The van der Waals surface area contributed by atoms with E-state index in [-0.39, 0.29) is 5.92 Å². The molecule has 1 saturated carbocycles. The number of hydrogen-bond donors (Lipinski definition) is 0. The summed E-state index contributed by atoms with van der Waals surface area (Å²) in [6.45, 7) is 1.85. The van der Waals surface area contributed by atoms with Gasteiger partial charge < -0.3 is 4.90 Å². The summed E-state index contributed by atoms with van der Waals surface area (Å²) in [5.41, 5.74) is 1.32. The standard InChI is InChI=1S/C16H20ClNO/c17-8-6-12-7-9-18(11-12)16(19)15-10-14(15)13-4-2-1-3-5-13/h1-5,12,14-15H,6-11H2. The van der Waals surface area contributed by atoms with Crippen LogP contribution in [-0.2, 0) is 4.79 Å². The van der Waals surface area contributed by atoms with Crippen molar-refractivity contribution in [3.63, 3.8) is 0 Å². The van der Waals surface area contributed by atoms with E-state index >= 15 is 0 Å². The van der Waals surface area contributed by atoms with Gasteiger partial charge in [0.05, 0.1) is 0 Å². The first-order valence-corrected chi connectivity index (χ1v) is 7.72. The summed E-state index contributed by atoms with van der Waals surface area (Å²) >= 11 is 5.78.